The number of nitrogens with two attached hydrogens (primary N) is 1. The van der Waals surface area contributed by atoms with Gasteiger partial charge in [0.05, 0.1) is 11.7 Å². The average Bonchev–Trinajstić information content (AvgIpc) is 2.26. The van der Waals surface area contributed by atoms with Gasteiger partial charge in [0.2, 0.25) is 0 Å². The van der Waals surface area contributed by atoms with Gasteiger partial charge >= 0.3 is 6.18 Å². The number of alkyl halides is 3. The fraction of sp³-hybridized carbons (Fsp3) is 0.400. The summed E-state index contributed by atoms with van der Waals surface area (Å²) in [4.78, 5) is 0. The summed E-state index contributed by atoms with van der Waals surface area (Å²) in [5.74, 6) is 0. The highest BCUT2D eigenvalue weighted by atomic mass is 19.4. The van der Waals surface area contributed by atoms with Gasteiger partial charge in [0, 0.05) is 6.54 Å². The smallest absolute Gasteiger partial charge is 0.389 e. The Morgan fingerprint density at radius 2 is 1.62 bits per heavy atom. The molecule has 1 rings (SSSR count). The molecule has 1 aromatic carbocycles. The zero-order chi connectivity index (χ0) is 12.3. The molecule has 2 atom stereocenters. The summed E-state index contributed by atoms with van der Waals surface area (Å²) < 4.78 is 36.6. The summed E-state index contributed by atoms with van der Waals surface area (Å²) >= 11 is 0. The Hall–Kier alpha value is -1.11. The lowest BCUT2D eigenvalue weighted by Crippen LogP contribution is -2.27. The lowest BCUT2D eigenvalue weighted by atomic mass is 10.0. The molecule has 0 bridgehead atoms. The van der Waals surface area contributed by atoms with Crippen LogP contribution in [0.5, 0.6) is 0 Å². The molecule has 0 aromatic heterocycles. The molecule has 3 nitrogen and oxygen atoms in total. The molecule has 4 N–H and O–H groups in total. The van der Waals surface area contributed by atoms with Crippen molar-refractivity contribution in [2.45, 2.75) is 18.4 Å². The summed E-state index contributed by atoms with van der Waals surface area (Å²) in [5, 5.41) is 18.7. The number of benzene rings is 1. The molecular formula is C10H12F3NO2. The zero-order valence-corrected chi connectivity index (χ0v) is 8.28. The SMILES string of the molecule is NCC(O)C(O)c1ccc(C(F)(F)F)cc1. The van der Waals surface area contributed by atoms with Crippen molar-refractivity contribution in [1.29, 1.82) is 0 Å². The minimum Gasteiger partial charge on any atom is -0.389 e. The lowest BCUT2D eigenvalue weighted by Gasteiger charge is -2.16. The standard InChI is InChI=1S/C10H12F3NO2/c11-10(12,13)7-3-1-6(2-4-7)9(16)8(15)5-14/h1-4,8-9,15-16H,5,14H2. The van der Waals surface area contributed by atoms with Crippen LogP contribution >= 0.6 is 0 Å². The number of rotatable bonds is 3. The van der Waals surface area contributed by atoms with E-state index in [-0.39, 0.29) is 12.1 Å². The van der Waals surface area contributed by atoms with Gasteiger partial charge in [-0.15, -0.1) is 0 Å². The summed E-state index contributed by atoms with van der Waals surface area (Å²) in [6, 6.07) is 3.93. The first kappa shape index (κ1) is 13.0. The van der Waals surface area contributed by atoms with Crippen LogP contribution in [0.2, 0.25) is 0 Å². The third-order valence-electron chi connectivity index (χ3n) is 2.19. The Balaban J connectivity index is 2.87. The number of aliphatic hydroxyl groups is 2. The molecule has 0 heterocycles. The van der Waals surface area contributed by atoms with E-state index in [1.54, 1.807) is 0 Å². The average molecular weight is 235 g/mol. The highest BCUT2D eigenvalue weighted by molar-refractivity contribution is 5.26. The van der Waals surface area contributed by atoms with Crippen molar-refractivity contribution in [3.63, 3.8) is 0 Å². The van der Waals surface area contributed by atoms with Crippen LogP contribution in [0, 0.1) is 0 Å². The Labute approximate surface area is 90.3 Å². The number of halogens is 3. The van der Waals surface area contributed by atoms with E-state index in [0.29, 0.717) is 0 Å². The second-order valence-corrected chi connectivity index (χ2v) is 3.37. The summed E-state index contributed by atoms with van der Waals surface area (Å²) in [6.45, 7) is -0.164. The van der Waals surface area contributed by atoms with Crippen LogP contribution in [0.3, 0.4) is 0 Å². The van der Waals surface area contributed by atoms with Crippen LogP contribution in [0.4, 0.5) is 13.2 Å². The molecule has 0 aliphatic heterocycles. The van der Waals surface area contributed by atoms with Crippen molar-refractivity contribution >= 4 is 0 Å². The van der Waals surface area contributed by atoms with Crippen LogP contribution in [-0.2, 0) is 6.18 Å². The number of hydrogen-bond donors (Lipinski definition) is 3. The number of hydrogen-bond acceptors (Lipinski definition) is 3. The van der Waals surface area contributed by atoms with E-state index in [9.17, 15) is 23.4 Å². The second kappa shape index (κ2) is 4.82. The van der Waals surface area contributed by atoms with Crippen molar-refractivity contribution in [3.8, 4) is 0 Å². The van der Waals surface area contributed by atoms with E-state index in [1.807, 2.05) is 0 Å². The van der Waals surface area contributed by atoms with Crippen molar-refractivity contribution in [2.24, 2.45) is 5.73 Å². The first-order chi connectivity index (χ1) is 7.36. The molecule has 0 spiro atoms. The highest BCUT2D eigenvalue weighted by Gasteiger charge is 2.30. The van der Waals surface area contributed by atoms with Crippen LogP contribution in [0.15, 0.2) is 24.3 Å². The van der Waals surface area contributed by atoms with E-state index in [4.69, 9.17) is 5.73 Å². The van der Waals surface area contributed by atoms with Crippen LogP contribution in [0.1, 0.15) is 17.2 Å². The van der Waals surface area contributed by atoms with Crippen molar-refractivity contribution < 1.29 is 23.4 Å². The van der Waals surface area contributed by atoms with Crippen molar-refractivity contribution in [3.05, 3.63) is 35.4 Å². The summed E-state index contributed by atoms with van der Waals surface area (Å²) in [6.07, 6.45) is -6.86. The predicted molar refractivity (Wildman–Crippen MR) is 51.5 cm³/mol. The third kappa shape index (κ3) is 2.94. The Bertz CT molecular complexity index is 337. The minimum absolute atomic E-state index is 0.164. The van der Waals surface area contributed by atoms with E-state index in [1.165, 1.54) is 0 Å². The Morgan fingerprint density at radius 1 is 1.12 bits per heavy atom. The largest absolute Gasteiger partial charge is 0.416 e. The van der Waals surface area contributed by atoms with Gasteiger partial charge < -0.3 is 15.9 Å². The van der Waals surface area contributed by atoms with E-state index in [0.717, 1.165) is 24.3 Å². The van der Waals surface area contributed by atoms with Gasteiger partial charge in [-0.1, -0.05) is 12.1 Å². The maximum absolute atomic E-state index is 12.2. The predicted octanol–water partition coefficient (Wildman–Crippen LogP) is 1.06. The van der Waals surface area contributed by atoms with Crippen LogP contribution < -0.4 is 5.73 Å². The van der Waals surface area contributed by atoms with Gasteiger partial charge in [-0.25, -0.2) is 0 Å². The maximum atomic E-state index is 12.2. The molecule has 0 aliphatic rings. The molecule has 1 aromatic rings. The molecule has 2 unspecified atom stereocenters. The molecule has 0 radical (unpaired) electrons. The van der Waals surface area contributed by atoms with Gasteiger partial charge in [0.15, 0.2) is 0 Å². The van der Waals surface area contributed by atoms with Crippen LogP contribution in [-0.4, -0.2) is 22.9 Å². The van der Waals surface area contributed by atoms with E-state index in [2.05, 4.69) is 0 Å². The molecule has 0 saturated heterocycles. The lowest BCUT2D eigenvalue weighted by molar-refractivity contribution is -0.137. The Morgan fingerprint density at radius 3 is 2.00 bits per heavy atom. The first-order valence-electron chi connectivity index (χ1n) is 4.59. The fourth-order valence-corrected chi connectivity index (χ4v) is 1.22. The molecule has 0 saturated carbocycles. The van der Waals surface area contributed by atoms with Crippen molar-refractivity contribution in [2.75, 3.05) is 6.54 Å². The second-order valence-electron chi connectivity index (χ2n) is 3.37. The third-order valence-corrected chi connectivity index (χ3v) is 2.19. The van der Waals surface area contributed by atoms with Gasteiger partial charge in [0.25, 0.3) is 0 Å². The molecule has 0 fully saturated rings. The van der Waals surface area contributed by atoms with Gasteiger partial charge in [-0.3, -0.25) is 0 Å². The topological polar surface area (TPSA) is 66.5 Å². The molecule has 0 amide bonds. The molecule has 0 aliphatic carbocycles. The highest BCUT2D eigenvalue weighted by Crippen LogP contribution is 2.30. The van der Waals surface area contributed by atoms with Gasteiger partial charge in [-0.2, -0.15) is 13.2 Å². The van der Waals surface area contributed by atoms with E-state index < -0.39 is 23.9 Å². The monoisotopic (exact) mass is 235 g/mol. The first-order valence-corrected chi connectivity index (χ1v) is 4.59. The zero-order valence-electron chi connectivity index (χ0n) is 8.28. The molecular weight excluding hydrogens is 223 g/mol. The van der Waals surface area contributed by atoms with E-state index >= 15 is 0 Å². The van der Waals surface area contributed by atoms with Crippen molar-refractivity contribution in [1.82, 2.24) is 0 Å². The Kier molecular flexibility index (Phi) is 3.90. The maximum Gasteiger partial charge on any atom is 0.416 e. The molecule has 16 heavy (non-hydrogen) atoms. The molecule has 90 valence electrons. The summed E-state index contributed by atoms with van der Waals surface area (Å²) in [7, 11) is 0. The summed E-state index contributed by atoms with van der Waals surface area (Å²) in [5.41, 5.74) is 4.52. The molecule has 6 heteroatoms. The van der Waals surface area contributed by atoms with Gasteiger partial charge in [0.1, 0.15) is 6.10 Å². The minimum atomic E-state index is -4.41. The normalized spacial score (nSPS) is 15.9. The van der Waals surface area contributed by atoms with Crippen LogP contribution in [0.25, 0.3) is 0 Å². The quantitative estimate of drug-likeness (QED) is 0.733. The fourth-order valence-electron chi connectivity index (χ4n) is 1.22. The van der Waals surface area contributed by atoms with Gasteiger partial charge in [-0.05, 0) is 17.7 Å². The number of aliphatic hydroxyl groups excluding tert-OH is 2.